The quantitative estimate of drug-likeness (QED) is 0.467. The van der Waals surface area contributed by atoms with E-state index in [2.05, 4.69) is 39.1 Å². The second-order valence-electron chi connectivity index (χ2n) is 8.26. The highest BCUT2D eigenvalue weighted by Gasteiger charge is 2.23. The maximum Gasteiger partial charge on any atom is 0.374 e. The highest BCUT2D eigenvalue weighted by molar-refractivity contribution is 6.08. The van der Waals surface area contributed by atoms with Crippen molar-refractivity contribution in [3.05, 3.63) is 65.5 Å². The average Bonchev–Trinajstić information content (AvgIpc) is 3.43. The van der Waals surface area contributed by atoms with E-state index >= 15 is 0 Å². The number of esters is 1. The summed E-state index contributed by atoms with van der Waals surface area (Å²) in [6, 6.07) is 16.3. The van der Waals surface area contributed by atoms with E-state index in [1.54, 1.807) is 6.92 Å². The lowest BCUT2D eigenvalue weighted by atomic mass is 10.1. The van der Waals surface area contributed by atoms with Crippen LogP contribution in [0.1, 0.15) is 41.5 Å². The number of imidazole rings is 1. The lowest BCUT2D eigenvalue weighted by Gasteiger charge is -2.16. The molecule has 0 saturated carbocycles. The van der Waals surface area contributed by atoms with Gasteiger partial charge >= 0.3 is 5.97 Å². The van der Waals surface area contributed by atoms with Crippen LogP contribution >= 0.6 is 0 Å². The molecule has 2 aromatic heterocycles. The number of pyridine rings is 1. The Kier molecular flexibility index (Phi) is 5.49. The Labute approximate surface area is 186 Å². The Balaban J connectivity index is 1.62. The van der Waals surface area contributed by atoms with Gasteiger partial charge in [0.2, 0.25) is 5.82 Å². The Morgan fingerprint density at radius 3 is 2.56 bits per heavy atom. The summed E-state index contributed by atoms with van der Waals surface area (Å²) >= 11 is 0. The standard InChI is InChI=1S/C25H27N5O2/c1-2-32-25(31)24-28-21-22(19-10-3-4-11-20(19)27-23(21)26)30(24)16-18-9-7-8-17(14-18)15-29-12-5-6-13-29/h3-4,7-11,14H,2,5-6,12-13,15-16H2,1H3,(H2,26,27). The van der Waals surface area contributed by atoms with Crippen LogP contribution in [-0.2, 0) is 17.8 Å². The molecule has 1 aliphatic heterocycles. The Morgan fingerprint density at radius 1 is 1.03 bits per heavy atom. The minimum absolute atomic E-state index is 0.247. The van der Waals surface area contributed by atoms with E-state index in [1.165, 1.54) is 18.4 Å². The number of nitrogens with two attached hydrogens (primary N) is 1. The Hall–Kier alpha value is -3.45. The van der Waals surface area contributed by atoms with Crippen molar-refractivity contribution in [3.63, 3.8) is 0 Å². The zero-order valence-electron chi connectivity index (χ0n) is 18.3. The van der Waals surface area contributed by atoms with Crippen LogP contribution < -0.4 is 5.73 Å². The summed E-state index contributed by atoms with van der Waals surface area (Å²) in [6.07, 6.45) is 2.54. The van der Waals surface area contributed by atoms with Crippen molar-refractivity contribution in [1.82, 2.24) is 19.4 Å². The van der Waals surface area contributed by atoms with Crippen molar-refractivity contribution < 1.29 is 9.53 Å². The first-order chi connectivity index (χ1) is 15.6. The van der Waals surface area contributed by atoms with Crippen LogP contribution in [0.5, 0.6) is 0 Å². The fourth-order valence-electron chi connectivity index (χ4n) is 4.57. The highest BCUT2D eigenvalue weighted by Crippen LogP contribution is 2.30. The number of carbonyl (C=O) groups is 1. The maximum absolute atomic E-state index is 12.8. The monoisotopic (exact) mass is 429 g/mol. The normalized spacial score (nSPS) is 14.4. The molecule has 0 bridgehead atoms. The first-order valence-electron chi connectivity index (χ1n) is 11.2. The second kappa shape index (κ2) is 8.59. The van der Waals surface area contributed by atoms with Crippen LogP contribution in [0.25, 0.3) is 21.9 Å². The molecule has 3 heterocycles. The summed E-state index contributed by atoms with van der Waals surface area (Å²) in [7, 11) is 0. The van der Waals surface area contributed by atoms with Gasteiger partial charge in [-0.2, -0.15) is 0 Å². The molecule has 2 aromatic carbocycles. The van der Waals surface area contributed by atoms with Crippen LogP contribution in [-0.4, -0.2) is 45.1 Å². The van der Waals surface area contributed by atoms with Crippen molar-refractivity contribution in [2.24, 2.45) is 0 Å². The first kappa shape index (κ1) is 20.5. The van der Waals surface area contributed by atoms with Gasteiger partial charge < -0.3 is 15.0 Å². The molecule has 1 aliphatic rings. The van der Waals surface area contributed by atoms with Gasteiger partial charge in [-0.3, -0.25) is 4.90 Å². The van der Waals surface area contributed by atoms with Gasteiger partial charge in [0, 0.05) is 18.5 Å². The zero-order valence-corrected chi connectivity index (χ0v) is 18.3. The van der Waals surface area contributed by atoms with Crippen molar-refractivity contribution in [3.8, 4) is 0 Å². The molecule has 0 radical (unpaired) electrons. The van der Waals surface area contributed by atoms with Crippen molar-refractivity contribution >= 4 is 33.7 Å². The fraction of sp³-hybridized carbons (Fsp3) is 0.320. The van der Waals surface area contributed by atoms with E-state index < -0.39 is 5.97 Å². The molecular formula is C25H27N5O2. The molecular weight excluding hydrogens is 402 g/mol. The Morgan fingerprint density at radius 2 is 1.78 bits per heavy atom. The third kappa shape index (κ3) is 3.80. The van der Waals surface area contributed by atoms with Gasteiger partial charge in [-0.15, -0.1) is 0 Å². The number of nitrogens with zero attached hydrogens (tertiary/aromatic N) is 4. The highest BCUT2D eigenvalue weighted by atomic mass is 16.5. The van der Waals surface area contributed by atoms with Gasteiger partial charge in [0.15, 0.2) is 5.82 Å². The second-order valence-corrected chi connectivity index (χ2v) is 8.26. The van der Waals surface area contributed by atoms with E-state index in [9.17, 15) is 4.79 Å². The van der Waals surface area contributed by atoms with E-state index in [-0.39, 0.29) is 12.4 Å². The van der Waals surface area contributed by atoms with E-state index in [1.807, 2.05) is 28.8 Å². The molecule has 7 heteroatoms. The number of rotatable bonds is 6. The van der Waals surface area contributed by atoms with E-state index in [0.717, 1.165) is 41.6 Å². The SMILES string of the molecule is CCOC(=O)c1nc2c(N)nc3ccccc3c2n1Cc1cccc(CN2CCCC2)c1. The molecule has 32 heavy (non-hydrogen) atoms. The minimum Gasteiger partial charge on any atom is -0.460 e. The largest absolute Gasteiger partial charge is 0.460 e. The lowest BCUT2D eigenvalue weighted by molar-refractivity contribution is 0.0507. The molecule has 0 atom stereocenters. The molecule has 5 rings (SSSR count). The fourth-order valence-corrected chi connectivity index (χ4v) is 4.57. The van der Waals surface area contributed by atoms with Gasteiger partial charge in [0.05, 0.1) is 17.6 Å². The smallest absolute Gasteiger partial charge is 0.374 e. The number of benzene rings is 2. The number of nitrogen functional groups attached to an aromatic ring is 1. The van der Waals surface area contributed by atoms with Crippen LogP contribution in [0.2, 0.25) is 0 Å². The predicted molar refractivity (Wildman–Crippen MR) is 125 cm³/mol. The molecule has 0 amide bonds. The number of ether oxygens (including phenoxy) is 1. The van der Waals surface area contributed by atoms with Gasteiger partial charge in [0.1, 0.15) is 5.52 Å². The summed E-state index contributed by atoms with van der Waals surface area (Å²) in [6.45, 7) is 5.82. The van der Waals surface area contributed by atoms with Crippen molar-refractivity contribution in [1.29, 1.82) is 0 Å². The molecule has 2 N–H and O–H groups in total. The lowest BCUT2D eigenvalue weighted by Crippen LogP contribution is -2.18. The topological polar surface area (TPSA) is 86.3 Å². The van der Waals surface area contributed by atoms with Crippen molar-refractivity contribution in [2.75, 3.05) is 25.4 Å². The zero-order chi connectivity index (χ0) is 22.1. The molecule has 0 unspecified atom stereocenters. The Bertz CT molecular complexity index is 1290. The molecule has 164 valence electrons. The molecule has 7 nitrogen and oxygen atoms in total. The summed E-state index contributed by atoms with van der Waals surface area (Å²) in [4.78, 5) is 24.3. The summed E-state index contributed by atoms with van der Waals surface area (Å²) in [5.41, 5.74) is 10.7. The molecule has 1 saturated heterocycles. The third-order valence-electron chi connectivity index (χ3n) is 6.01. The molecule has 4 aromatic rings. The van der Waals surface area contributed by atoms with E-state index in [0.29, 0.717) is 17.9 Å². The maximum atomic E-state index is 12.8. The van der Waals surface area contributed by atoms with Gasteiger partial charge in [-0.1, -0.05) is 42.5 Å². The van der Waals surface area contributed by atoms with Crippen LogP contribution in [0.4, 0.5) is 5.82 Å². The number of hydrogen-bond acceptors (Lipinski definition) is 6. The number of carbonyl (C=O) groups excluding carboxylic acids is 1. The van der Waals surface area contributed by atoms with Gasteiger partial charge in [-0.05, 0) is 50.0 Å². The van der Waals surface area contributed by atoms with Gasteiger partial charge in [0.25, 0.3) is 0 Å². The predicted octanol–water partition coefficient (Wildman–Crippen LogP) is 3.99. The number of fused-ring (bicyclic) bond motifs is 3. The minimum atomic E-state index is -0.458. The summed E-state index contributed by atoms with van der Waals surface area (Å²) in [5.74, 6) is 0.0998. The number of likely N-dealkylation sites (tertiary alicyclic amines) is 1. The molecule has 0 spiro atoms. The number of hydrogen-bond donors (Lipinski definition) is 1. The molecule has 1 fully saturated rings. The van der Waals surface area contributed by atoms with Crippen LogP contribution in [0.3, 0.4) is 0 Å². The average molecular weight is 430 g/mol. The number of aromatic nitrogens is 3. The van der Waals surface area contributed by atoms with Crippen molar-refractivity contribution in [2.45, 2.75) is 32.9 Å². The first-order valence-corrected chi connectivity index (χ1v) is 11.2. The summed E-state index contributed by atoms with van der Waals surface area (Å²) in [5, 5.41) is 0.910. The number of para-hydroxylation sites is 1. The molecule has 0 aliphatic carbocycles. The third-order valence-corrected chi connectivity index (χ3v) is 6.01. The van der Waals surface area contributed by atoms with Crippen LogP contribution in [0, 0.1) is 0 Å². The summed E-state index contributed by atoms with van der Waals surface area (Å²) < 4.78 is 7.23. The number of anilines is 1. The van der Waals surface area contributed by atoms with E-state index in [4.69, 9.17) is 10.5 Å². The van der Waals surface area contributed by atoms with Crippen LogP contribution in [0.15, 0.2) is 48.5 Å². The van der Waals surface area contributed by atoms with Gasteiger partial charge in [-0.25, -0.2) is 14.8 Å².